The van der Waals surface area contributed by atoms with Gasteiger partial charge in [-0.05, 0) is 24.6 Å². The lowest BCUT2D eigenvalue weighted by Crippen LogP contribution is -2.12. The molecule has 0 aliphatic carbocycles. The first-order valence-corrected chi connectivity index (χ1v) is 5.30. The summed E-state index contributed by atoms with van der Waals surface area (Å²) in [5, 5.41) is 4.91. The molecule has 13 heavy (non-hydrogen) atoms. The lowest BCUT2D eigenvalue weighted by Gasteiger charge is -2.04. The van der Waals surface area contributed by atoms with Crippen molar-refractivity contribution in [2.45, 2.75) is 17.9 Å². The van der Waals surface area contributed by atoms with Crippen LogP contribution in [0.15, 0.2) is 29.2 Å². The van der Waals surface area contributed by atoms with Gasteiger partial charge in [-0.25, -0.2) is 13.6 Å². The third-order valence-corrected chi connectivity index (χ3v) is 2.64. The fourth-order valence-electron chi connectivity index (χ4n) is 0.946. The van der Waals surface area contributed by atoms with E-state index in [0.717, 1.165) is 5.56 Å². The normalized spacial score (nSPS) is 14.1. The number of nitrogens with one attached hydrogen (secondary N) is 1. The monoisotopic (exact) mass is 199 g/mol. The van der Waals surface area contributed by atoms with E-state index in [1.807, 2.05) is 0 Å². The van der Waals surface area contributed by atoms with Crippen molar-refractivity contribution in [3.63, 3.8) is 0 Å². The zero-order valence-corrected chi connectivity index (χ0v) is 8.01. The van der Waals surface area contributed by atoms with E-state index in [-0.39, 0.29) is 10.9 Å². The highest BCUT2D eigenvalue weighted by molar-refractivity contribution is 7.89. The van der Waals surface area contributed by atoms with Gasteiger partial charge >= 0.3 is 0 Å². The van der Waals surface area contributed by atoms with Gasteiger partial charge in [-0.15, -0.1) is 0 Å². The van der Waals surface area contributed by atoms with Crippen molar-refractivity contribution < 1.29 is 8.42 Å². The molecule has 5 heteroatoms. The van der Waals surface area contributed by atoms with Crippen molar-refractivity contribution in [3.8, 4) is 0 Å². The SMILES string of the molecule is CC([NH])c1ccc(S(N)(=O)=O)cc1. The number of hydrogen-bond acceptors (Lipinski definition) is 2. The summed E-state index contributed by atoms with van der Waals surface area (Å²) in [6.45, 7) is 1.71. The van der Waals surface area contributed by atoms with Crippen molar-refractivity contribution >= 4 is 10.0 Å². The van der Waals surface area contributed by atoms with E-state index in [1.165, 1.54) is 12.1 Å². The molecule has 0 aliphatic rings. The summed E-state index contributed by atoms with van der Waals surface area (Å²) in [7, 11) is -3.61. The topological polar surface area (TPSA) is 84.0 Å². The fourth-order valence-corrected chi connectivity index (χ4v) is 1.46. The highest BCUT2D eigenvalue weighted by Crippen LogP contribution is 2.13. The summed E-state index contributed by atoms with van der Waals surface area (Å²) in [4.78, 5) is 0.0805. The van der Waals surface area contributed by atoms with Gasteiger partial charge in [-0.1, -0.05) is 12.1 Å². The minimum atomic E-state index is -3.61. The average molecular weight is 199 g/mol. The van der Waals surface area contributed by atoms with Gasteiger partial charge in [0.15, 0.2) is 0 Å². The van der Waals surface area contributed by atoms with Crippen molar-refractivity contribution in [2.75, 3.05) is 0 Å². The molecule has 0 aliphatic heterocycles. The first-order chi connectivity index (χ1) is 5.91. The number of benzene rings is 1. The lowest BCUT2D eigenvalue weighted by atomic mass is 10.1. The first-order valence-electron chi connectivity index (χ1n) is 3.75. The maximum atomic E-state index is 10.8. The van der Waals surface area contributed by atoms with Crippen LogP contribution in [0.4, 0.5) is 0 Å². The molecule has 0 aromatic heterocycles. The number of primary sulfonamides is 1. The van der Waals surface area contributed by atoms with Crippen molar-refractivity contribution in [3.05, 3.63) is 29.8 Å². The number of hydrogen-bond donors (Lipinski definition) is 1. The van der Waals surface area contributed by atoms with Crippen LogP contribution >= 0.6 is 0 Å². The summed E-state index contributed by atoms with van der Waals surface area (Å²) in [6.07, 6.45) is 0. The van der Waals surface area contributed by atoms with E-state index in [1.54, 1.807) is 19.1 Å². The molecule has 1 atom stereocenters. The summed E-state index contributed by atoms with van der Waals surface area (Å²) in [6, 6.07) is 5.66. The molecule has 0 bridgehead atoms. The molecule has 3 N–H and O–H groups in total. The molecule has 0 fully saturated rings. The smallest absolute Gasteiger partial charge is 0.238 e. The number of rotatable bonds is 2. The standard InChI is InChI=1S/C8H11N2O2S/c1-6(9)7-2-4-8(5-3-7)13(10,11)12/h2-6,9H,1H3,(H2,10,11,12). The Balaban J connectivity index is 3.08. The van der Waals surface area contributed by atoms with Crippen LogP contribution in [0, 0.1) is 0 Å². The summed E-state index contributed by atoms with van der Waals surface area (Å²) < 4.78 is 21.7. The molecule has 0 saturated carbocycles. The Hall–Kier alpha value is -0.910. The highest BCUT2D eigenvalue weighted by Gasteiger charge is 2.07. The molecular weight excluding hydrogens is 188 g/mol. The minimum Gasteiger partial charge on any atom is -0.250 e. The van der Waals surface area contributed by atoms with Crippen LogP contribution in [0.25, 0.3) is 0 Å². The molecular formula is C8H11N2O2S. The zero-order chi connectivity index (χ0) is 10.1. The summed E-state index contributed by atoms with van der Waals surface area (Å²) >= 11 is 0. The van der Waals surface area contributed by atoms with Gasteiger partial charge in [-0.2, -0.15) is 0 Å². The van der Waals surface area contributed by atoms with Gasteiger partial charge in [0.1, 0.15) is 0 Å². The van der Waals surface area contributed by atoms with E-state index in [0.29, 0.717) is 0 Å². The molecule has 1 aromatic carbocycles. The second-order valence-electron chi connectivity index (χ2n) is 2.84. The molecule has 0 heterocycles. The third kappa shape index (κ3) is 2.51. The highest BCUT2D eigenvalue weighted by atomic mass is 32.2. The molecule has 0 saturated heterocycles. The molecule has 1 unspecified atom stereocenters. The van der Waals surface area contributed by atoms with Crippen molar-refractivity contribution in [1.82, 2.24) is 5.73 Å². The molecule has 0 spiro atoms. The van der Waals surface area contributed by atoms with Crippen molar-refractivity contribution in [1.29, 1.82) is 0 Å². The van der Waals surface area contributed by atoms with Crippen LogP contribution in [0.5, 0.6) is 0 Å². The van der Waals surface area contributed by atoms with Gasteiger partial charge in [0.25, 0.3) is 0 Å². The third-order valence-electron chi connectivity index (χ3n) is 1.71. The molecule has 1 radical (unpaired) electrons. The molecule has 0 amide bonds. The van der Waals surface area contributed by atoms with E-state index in [9.17, 15) is 8.42 Å². The summed E-state index contributed by atoms with van der Waals surface area (Å²) in [5.74, 6) is 0. The van der Waals surface area contributed by atoms with Crippen LogP contribution < -0.4 is 10.9 Å². The Morgan fingerprint density at radius 2 is 1.77 bits per heavy atom. The fraction of sp³-hybridized carbons (Fsp3) is 0.250. The molecule has 71 valence electrons. The van der Waals surface area contributed by atoms with Crippen LogP contribution in [-0.2, 0) is 10.0 Å². The Kier molecular flexibility index (Phi) is 2.70. The maximum Gasteiger partial charge on any atom is 0.238 e. The van der Waals surface area contributed by atoms with Crippen LogP contribution in [0.2, 0.25) is 0 Å². The maximum absolute atomic E-state index is 10.8. The van der Waals surface area contributed by atoms with Gasteiger partial charge in [-0.3, -0.25) is 5.73 Å². The largest absolute Gasteiger partial charge is 0.250 e. The number of nitrogens with two attached hydrogens (primary N) is 1. The summed E-state index contributed by atoms with van der Waals surface area (Å²) in [5.41, 5.74) is 8.14. The predicted octanol–water partition coefficient (Wildman–Crippen LogP) is 0.678. The van der Waals surface area contributed by atoms with Crippen LogP contribution in [-0.4, -0.2) is 8.42 Å². The van der Waals surface area contributed by atoms with Crippen molar-refractivity contribution in [2.24, 2.45) is 5.14 Å². The minimum absolute atomic E-state index is 0.0805. The number of sulfonamides is 1. The Morgan fingerprint density at radius 1 is 1.31 bits per heavy atom. The Bertz CT molecular complexity index is 381. The Labute approximate surface area is 77.6 Å². The van der Waals surface area contributed by atoms with Crippen LogP contribution in [0.3, 0.4) is 0 Å². The molecule has 4 nitrogen and oxygen atoms in total. The molecule has 1 rings (SSSR count). The average Bonchev–Trinajstić information content (AvgIpc) is 2.03. The van der Waals surface area contributed by atoms with Gasteiger partial charge in [0.2, 0.25) is 10.0 Å². The van der Waals surface area contributed by atoms with E-state index < -0.39 is 10.0 Å². The Morgan fingerprint density at radius 3 is 2.08 bits per heavy atom. The molecule has 1 aromatic rings. The van der Waals surface area contributed by atoms with Gasteiger partial charge in [0.05, 0.1) is 4.90 Å². The van der Waals surface area contributed by atoms with Gasteiger partial charge < -0.3 is 0 Å². The van der Waals surface area contributed by atoms with E-state index in [4.69, 9.17) is 10.9 Å². The van der Waals surface area contributed by atoms with Gasteiger partial charge in [0, 0.05) is 6.04 Å². The predicted molar refractivity (Wildman–Crippen MR) is 49.3 cm³/mol. The van der Waals surface area contributed by atoms with E-state index in [2.05, 4.69) is 0 Å². The first kappa shape index (κ1) is 10.2. The zero-order valence-electron chi connectivity index (χ0n) is 7.19. The second kappa shape index (κ2) is 3.45. The second-order valence-corrected chi connectivity index (χ2v) is 4.40. The van der Waals surface area contributed by atoms with E-state index >= 15 is 0 Å². The quantitative estimate of drug-likeness (QED) is 0.759. The lowest BCUT2D eigenvalue weighted by molar-refractivity contribution is 0.597. The van der Waals surface area contributed by atoms with Crippen LogP contribution in [0.1, 0.15) is 18.5 Å².